The highest BCUT2D eigenvalue weighted by Crippen LogP contribution is 2.36. The third kappa shape index (κ3) is 3.46. The Morgan fingerprint density at radius 2 is 2.00 bits per heavy atom. The second-order valence-corrected chi connectivity index (χ2v) is 7.70. The van der Waals surface area contributed by atoms with Crippen LogP contribution in [0.25, 0.3) is 0 Å². The fourth-order valence-corrected chi connectivity index (χ4v) is 5.26. The first-order valence-corrected chi connectivity index (χ1v) is 8.62. The topological polar surface area (TPSA) is 49.4 Å². The molecule has 2 saturated heterocycles. The molecule has 2 rings (SSSR count). The molecule has 2 fully saturated rings. The van der Waals surface area contributed by atoms with Gasteiger partial charge in [0.2, 0.25) is 10.0 Å². The predicted octanol–water partition coefficient (Wildman–Crippen LogP) is 1.59. The van der Waals surface area contributed by atoms with Crippen molar-refractivity contribution in [2.75, 3.05) is 25.4 Å². The van der Waals surface area contributed by atoms with Gasteiger partial charge in [0.15, 0.2) is 0 Å². The molecule has 0 amide bonds. The SMILES string of the molecule is CCC1C2CNCC2CN1S(=O)(=O)CCCC(F)(F)F. The molecule has 0 radical (unpaired) electrons. The standard InChI is InChI=1S/C12H21F3N2O2S/c1-2-11-10-7-16-6-9(10)8-17(11)20(18,19)5-3-4-12(13,14)15/h9-11,16H,2-8H2,1H3. The van der Waals surface area contributed by atoms with Crippen molar-refractivity contribution >= 4 is 10.0 Å². The van der Waals surface area contributed by atoms with E-state index in [2.05, 4.69) is 5.32 Å². The van der Waals surface area contributed by atoms with Gasteiger partial charge in [-0.05, 0) is 37.8 Å². The molecule has 2 aliphatic rings. The van der Waals surface area contributed by atoms with E-state index < -0.39 is 28.4 Å². The van der Waals surface area contributed by atoms with Crippen molar-refractivity contribution in [3.8, 4) is 0 Å². The number of alkyl halides is 3. The van der Waals surface area contributed by atoms with Gasteiger partial charge >= 0.3 is 6.18 Å². The van der Waals surface area contributed by atoms with Crippen molar-refractivity contribution in [3.05, 3.63) is 0 Å². The maximum atomic E-state index is 12.3. The van der Waals surface area contributed by atoms with Gasteiger partial charge in [0.1, 0.15) is 0 Å². The molecule has 2 aliphatic heterocycles. The van der Waals surface area contributed by atoms with Gasteiger partial charge in [0.25, 0.3) is 0 Å². The quantitative estimate of drug-likeness (QED) is 0.838. The minimum Gasteiger partial charge on any atom is -0.316 e. The van der Waals surface area contributed by atoms with Crippen LogP contribution in [0.3, 0.4) is 0 Å². The van der Waals surface area contributed by atoms with Crippen LogP contribution in [0.2, 0.25) is 0 Å². The second-order valence-electron chi connectivity index (χ2n) is 5.66. The molecule has 1 N–H and O–H groups in total. The number of fused-ring (bicyclic) bond motifs is 1. The Labute approximate surface area is 117 Å². The molecule has 0 spiro atoms. The summed E-state index contributed by atoms with van der Waals surface area (Å²) in [5, 5.41) is 3.25. The Kier molecular flexibility index (Phi) is 4.66. The highest BCUT2D eigenvalue weighted by molar-refractivity contribution is 7.89. The average molecular weight is 314 g/mol. The van der Waals surface area contributed by atoms with Crippen molar-refractivity contribution in [2.24, 2.45) is 11.8 Å². The molecule has 20 heavy (non-hydrogen) atoms. The van der Waals surface area contributed by atoms with Gasteiger partial charge in [-0.2, -0.15) is 17.5 Å². The van der Waals surface area contributed by atoms with Crippen LogP contribution < -0.4 is 5.32 Å². The number of rotatable bonds is 5. The Hall–Kier alpha value is -0.340. The summed E-state index contributed by atoms with van der Waals surface area (Å²) in [5.74, 6) is 0.199. The fourth-order valence-electron chi connectivity index (χ4n) is 3.38. The van der Waals surface area contributed by atoms with Crippen LogP contribution in [-0.4, -0.2) is 50.3 Å². The Bertz CT molecular complexity index is 438. The third-order valence-electron chi connectivity index (χ3n) is 4.31. The minimum absolute atomic E-state index is 0.0640. The second kappa shape index (κ2) is 5.81. The molecule has 0 bridgehead atoms. The summed E-state index contributed by atoms with van der Waals surface area (Å²) in [6, 6.07) is -0.0640. The normalized spacial score (nSPS) is 31.7. The molecule has 2 heterocycles. The van der Waals surface area contributed by atoms with E-state index >= 15 is 0 Å². The molecule has 118 valence electrons. The molecule has 0 saturated carbocycles. The number of hydrogen-bond acceptors (Lipinski definition) is 3. The van der Waals surface area contributed by atoms with E-state index in [1.165, 1.54) is 4.31 Å². The lowest BCUT2D eigenvalue weighted by Crippen LogP contribution is -2.40. The van der Waals surface area contributed by atoms with Crippen LogP contribution in [0.1, 0.15) is 26.2 Å². The smallest absolute Gasteiger partial charge is 0.316 e. The summed E-state index contributed by atoms with van der Waals surface area (Å²) in [7, 11) is -3.58. The number of halogens is 3. The van der Waals surface area contributed by atoms with E-state index in [1.807, 2.05) is 6.92 Å². The van der Waals surface area contributed by atoms with Crippen LogP contribution >= 0.6 is 0 Å². The van der Waals surface area contributed by atoms with Gasteiger partial charge in [-0.25, -0.2) is 8.42 Å². The predicted molar refractivity (Wildman–Crippen MR) is 69.7 cm³/mol. The summed E-state index contributed by atoms with van der Waals surface area (Å²) in [4.78, 5) is 0. The average Bonchev–Trinajstić information content (AvgIpc) is 2.85. The molecule has 8 heteroatoms. The van der Waals surface area contributed by atoms with E-state index in [-0.39, 0.29) is 12.5 Å². The molecule has 4 nitrogen and oxygen atoms in total. The Balaban J connectivity index is 1.98. The maximum absolute atomic E-state index is 12.3. The first-order chi connectivity index (χ1) is 9.24. The zero-order valence-corrected chi connectivity index (χ0v) is 12.3. The van der Waals surface area contributed by atoms with Gasteiger partial charge < -0.3 is 5.32 Å². The number of sulfonamides is 1. The molecule has 3 atom stereocenters. The minimum atomic E-state index is -4.29. The molecule has 0 aromatic rings. The van der Waals surface area contributed by atoms with Gasteiger partial charge in [0.05, 0.1) is 5.75 Å². The summed E-state index contributed by atoms with van der Waals surface area (Å²) in [5.41, 5.74) is 0. The summed E-state index contributed by atoms with van der Waals surface area (Å²) < 4.78 is 62.3. The monoisotopic (exact) mass is 314 g/mol. The molecular weight excluding hydrogens is 293 g/mol. The van der Waals surface area contributed by atoms with Crippen LogP contribution in [0.4, 0.5) is 13.2 Å². The van der Waals surface area contributed by atoms with Gasteiger partial charge in [0, 0.05) is 19.0 Å². The van der Waals surface area contributed by atoms with E-state index in [4.69, 9.17) is 0 Å². The number of nitrogens with zero attached hydrogens (tertiary/aromatic N) is 1. The van der Waals surface area contributed by atoms with Crippen LogP contribution in [0.15, 0.2) is 0 Å². The first-order valence-electron chi connectivity index (χ1n) is 7.01. The maximum Gasteiger partial charge on any atom is 0.389 e. The van der Waals surface area contributed by atoms with E-state index in [9.17, 15) is 21.6 Å². The Morgan fingerprint density at radius 3 is 2.60 bits per heavy atom. The van der Waals surface area contributed by atoms with Gasteiger partial charge in [-0.15, -0.1) is 0 Å². The largest absolute Gasteiger partial charge is 0.389 e. The highest BCUT2D eigenvalue weighted by Gasteiger charge is 2.47. The Morgan fingerprint density at radius 1 is 1.30 bits per heavy atom. The van der Waals surface area contributed by atoms with Crippen molar-refractivity contribution in [2.45, 2.75) is 38.4 Å². The molecule has 3 unspecified atom stereocenters. The fraction of sp³-hybridized carbons (Fsp3) is 1.00. The summed E-state index contributed by atoms with van der Waals surface area (Å²) in [6.45, 7) is 3.99. The van der Waals surface area contributed by atoms with E-state index in [0.29, 0.717) is 24.8 Å². The van der Waals surface area contributed by atoms with Crippen molar-refractivity contribution in [1.29, 1.82) is 0 Å². The van der Waals surface area contributed by atoms with E-state index in [1.54, 1.807) is 0 Å². The molecule has 0 aromatic heterocycles. The highest BCUT2D eigenvalue weighted by atomic mass is 32.2. The number of nitrogens with one attached hydrogen (secondary N) is 1. The summed E-state index contributed by atoms with van der Waals surface area (Å²) in [6.07, 6.45) is -4.97. The first kappa shape index (κ1) is 16.0. The lowest BCUT2D eigenvalue weighted by atomic mass is 9.93. The van der Waals surface area contributed by atoms with Crippen LogP contribution in [0, 0.1) is 11.8 Å². The molecule has 0 aromatic carbocycles. The van der Waals surface area contributed by atoms with Crippen LogP contribution in [0.5, 0.6) is 0 Å². The molecule has 0 aliphatic carbocycles. The summed E-state index contributed by atoms with van der Waals surface area (Å²) >= 11 is 0. The van der Waals surface area contributed by atoms with Crippen LogP contribution in [-0.2, 0) is 10.0 Å². The zero-order valence-electron chi connectivity index (χ0n) is 11.5. The van der Waals surface area contributed by atoms with Crippen molar-refractivity contribution in [1.82, 2.24) is 9.62 Å². The van der Waals surface area contributed by atoms with Crippen molar-refractivity contribution in [3.63, 3.8) is 0 Å². The lowest BCUT2D eigenvalue weighted by molar-refractivity contribution is -0.134. The number of hydrogen-bond donors (Lipinski definition) is 1. The zero-order chi connectivity index (χ0) is 15.0. The third-order valence-corrected chi connectivity index (χ3v) is 6.25. The lowest BCUT2D eigenvalue weighted by Gasteiger charge is -2.26. The van der Waals surface area contributed by atoms with Gasteiger partial charge in [-0.3, -0.25) is 0 Å². The van der Waals surface area contributed by atoms with Gasteiger partial charge in [-0.1, -0.05) is 6.92 Å². The van der Waals surface area contributed by atoms with Crippen molar-refractivity contribution < 1.29 is 21.6 Å². The van der Waals surface area contributed by atoms with E-state index in [0.717, 1.165) is 13.1 Å². The molecular formula is C12H21F3N2O2S.